The van der Waals surface area contributed by atoms with Crippen LogP contribution in [0.2, 0.25) is 10.0 Å². The van der Waals surface area contributed by atoms with Gasteiger partial charge in [0.2, 0.25) is 0 Å². The van der Waals surface area contributed by atoms with Gasteiger partial charge in [0.15, 0.2) is 0 Å². The van der Waals surface area contributed by atoms with Gasteiger partial charge in [0.25, 0.3) is 0 Å². The molecular formula is C15H18Cl2N2. The van der Waals surface area contributed by atoms with Crippen molar-refractivity contribution in [3.05, 3.63) is 33.8 Å². The summed E-state index contributed by atoms with van der Waals surface area (Å²) in [5.74, 6) is 0. The molecule has 0 aromatic heterocycles. The van der Waals surface area contributed by atoms with E-state index in [0.717, 1.165) is 18.4 Å². The van der Waals surface area contributed by atoms with E-state index in [0.29, 0.717) is 16.1 Å². The maximum atomic E-state index is 9.35. The highest BCUT2D eigenvalue weighted by atomic mass is 35.5. The minimum Gasteiger partial charge on any atom is -0.295 e. The Hall–Kier alpha value is -0.750. The lowest BCUT2D eigenvalue weighted by Crippen LogP contribution is -2.31. The SMILES string of the molecule is N#CC(NC1CCCCCC1)c1ccc(Cl)c(Cl)c1. The van der Waals surface area contributed by atoms with E-state index in [1.807, 2.05) is 6.07 Å². The highest BCUT2D eigenvalue weighted by Crippen LogP contribution is 2.27. The first-order valence-corrected chi connectivity index (χ1v) is 7.57. The highest BCUT2D eigenvalue weighted by Gasteiger charge is 2.18. The summed E-state index contributed by atoms with van der Waals surface area (Å²) in [5, 5.41) is 13.8. The number of hydrogen-bond donors (Lipinski definition) is 1. The lowest BCUT2D eigenvalue weighted by Gasteiger charge is -2.20. The van der Waals surface area contributed by atoms with Crippen molar-refractivity contribution in [1.29, 1.82) is 5.26 Å². The number of halogens is 2. The molecule has 0 aliphatic heterocycles. The van der Waals surface area contributed by atoms with Crippen molar-refractivity contribution in [1.82, 2.24) is 5.32 Å². The summed E-state index contributed by atoms with van der Waals surface area (Å²) in [5.41, 5.74) is 0.890. The number of nitrogens with zero attached hydrogens (tertiary/aromatic N) is 1. The number of hydrogen-bond acceptors (Lipinski definition) is 2. The number of nitriles is 1. The largest absolute Gasteiger partial charge is 0.295 e. The van der Waals surface area contributed by atoms with E-state index in [-0.39, 0.29) is 6.04 Å². The molecule has 1 aliphatic rings. The quantitative estimate of drug-likeness (QED) is 0.808. The van der Waals surface area contributed by atoms with Crippen LogP contribution >= 0.6 is 23.2 Å². The standard InChI is InChI=1S/C15H18Cl2N2/c16-13-8-7-11(9-14(13)17)15(10-18)19-12-5-3-1-2-4-6-12/h7-9,12,15,19H,1-6H2. The summed E-state index contributed by atoms with van der Waals surface area (Å²) in [6.07, 6.45) is 7.41. The van der Waals surface area contributed by atoms with E-state index in [4.69, 9.17) is 23.2 Å². The van der Waals surface area contributed by atoms with Gasteiger partial charge in [-0.15, -0.1) is 0 Å². The Kier molecular flexibility index (Phi) is 5.51. The normalized spacial score (nSPS) is 18.6. The van der Waals surface area contributed by atoms with Crippen molar-refractivity contribution >= 4 is 23.2 Å². The minimum atomic E-state index is -0.308. The maximum absolute atomic E-state index is 9.35. The number of nitrogens with one attached hydrogen (secondary N) is 1. The Bertz CT molecular complexity index is 460. The van der Waals surface area contributed by atoms with Crippen LogP contribution in [-0.4, -0.2) is 6.04 Å². The number of rotatable bonds is 3. The zero-order chi connectivity index (χ0) is 13.7. The van der Waals surface area contributed by atoms with Gasteiger partial charge in [-0.2, -0.15) is 5.26 Å². The van der Waals surface area contributed by atoms with Crippen LogP contribution in [0.4, 0.5) is 0 Å². The van der Waals surface area contributed by atoms with Crippen LogP contribution in [0, 0.1) is 11.3 Å². The predicted octanol–water partition coefficient (Wildman–Crippen LogP) is 4.87. The molecule has 0 amide bonds. The van der Waals surface area contributed by atoms with Crippen LogP contribution in [0.25, 0.3) is 0 Å². The molecule has 1 atom stereocenters. The molecule has 0 bridgehead atoms. The van der Waals surface area contributed by atoms with Gasteiger partial charge in [-0.1, -0.05) is 55.0 Å². The molecular weight excluding hydrogens is 279 g/mol. The first kappa shape index (κ1) is 14.7. The third-order valence-electron chi connectivity index (χ3n) is 3.66. The van der Waals surface area contributed by atoms with Crippen molar-refractivity contribution in [3.63, 3.8) is 0 Å². The Labute approximate surface area is 124 Å². The molecule has 1 N–H and O–H groups in total. The summed E-state index contributed by atoms with van der Waals surface area (Å²) in [6.45, 7) is 0. The molecule has 1 aliphatic carbocycles. The molecule has 1 fully saturated rings. The molecule has 4 heteroatoms. The molecule has 0 heterocycles. The summed E-state index contributed by atoms with van der Waals surface area (Å²) >= 11 is 11.9. The van der Waals surface area contributed by atoms with Gasteiger partial charge in [0.1, 0.15) is 6.04 Å². The lowest BCUT2D eigenvalue weighted by atomic mass is 10.0. The predicted molar refractivity (Wildman–Crippen MR) is 79.4 cm³/mol. The molecule has 1 saturated carbocycles. The fourth-order valence-corrected chi connectivity index (χ4v) is 2.89. The van der Waals surface area contributed by atoms with Gasteiger partial charge < -0.3 is 0 Å². The molecule has 102 valence electrons. The van der Waals surface area contributed by atoms with Crippen molar-refractivity contribution in [3.8, 4) is 6.07 Å². The summed E-state index contributed by atoms with van der Waals surface area (Å²) in [6, 6.07) is 7.84. The van der Waals surface area contributed by atoms with Crippen molar-refractivity contribution < 1.29 is 0 Å². The second-order valence-electron chi connectivity index (χ2n) is 5.09. The molecule has 19 heavy (non-hydrogen) atoms. The van der Waals surface area contributed by atoms with E-state index in [9.17, 15) is 5.26 Å². The van der Waals surface area contributed by atoms with Crippen molar-refractivity contribution in [2.45, 2.75) is 50.6 Å². The van der Waals surface area contributed by atoms with Crippen LogP contribution in [0.3, 0.4) is 0 Å². The van der Waals surface area contributed by atoms with Crippen LogP contribution in [0.5, 0.6) is 0 Å². The van der Waals surface area contributed by atoms with E-state index >= 15 is 0 Å². The maximum Gasteiger partial charge on any atom is 0.121 e. The first-order chi connectivity index (χ1) is 9.20. The van der Waals surface area contributed by atoms with E-state index in [1.54, 1.807) is 12.1 Å². The molecule has 2 nitrogen and oxygen atoms in total. The second-order valence-corrected chi connectivity index (χ2v) is 5.91. The minimum absolute atomic E-state index is 0.308. The number of benzene rings is 1. The molecule has 1 aromatic carbocycles. The van der Waals surface area contributed by atoms with Crippen LogP contribution in [-0.2, 0) is 0 Å². The average Bonchev–Trinajstić information content (AvgIpc) is 2.68. The van der Waals surface area contributed by atoms with Crippen LogP contribution < -0.4 is 5.32 Å². The summed E-state index contributed by atoms with van der Waals surface area (Å²) in [7, 11) is 0. The van der Waals surface area contributed by atoms with E-state index in [1.165, 1.54) is 25.7 Å². The van der Waals surface area contributed by atoms with Gasteiger partial charge in [-0.05, 0) is 30.5 Å². The van der Waals surface area contributed by atoms with Gasteiger partial charge in [-0.3, -0.25) is 5.32 Å². The Morgan fingerprint density at radius 1 is 1.11 bits per heavy atom. The fourth-order valence-electron chi connectivity index (χ4n) is 2.58. The zero-order valence-electron chi connectivity index (χ0n) is 10.8. The summed E-state index contributed by atoms with van der Waals surface area (Å²) < 4.78 is 0. The van der Waals surface area contributed by atoms with Crippen molar-refractivity contribution in [2.75, 3.05) is 0 Å². The van der Waals surface area contributed by atoms with Gasteiger partial charge in [-0.25, -0.2) is 0 Å². The van der Waals surface area contributed by atoms with Gasteiger partial charge in [0.05, 0.1) is 16.1 Å². The topological polar surface area (TPSA) is 35.8 Å². The lowest BCUT2D eigenvalue weighted by molar-refractivity contribution is 0.436. The third-order valence-corrected chi connectivity index (χ3v) is 4.40. The first-order valence-electron chi connectivity index (χ1n) is 6.81. The Balaban J connectivity index is 2.06. The van der Waals surface area contributed by atoms with Crippen LogP contribution in [0.1, 0.15) is 50.1 Å². The molecule has 0 saturated heterocycles. The zero-order valence-corrected chi connectivity index (χ0v) is 12.3. The van der Waals surface area contributed by atoms with Crippen LogP contribution in [0.15, 0.2) is 18.2 Å². The third kappa shape index (κ3) is 4.11. The molecule has 0 spiro atoms. The monoisotopic (exact) mass is 296 g/mol. The fraction of sp³-hybridized carbons (Fsp3) is 0.533. The van der Waals surface area contributed by atoms with Gasteiger partial charge >= 0.3 is 0 Å². The van der Waals surface area contributed by atoms with E-state index in [2.05, 4.69) is 11.4 Å². The van der Waals surface area contributed by atoms with Crippen molar-refractivity contribution in [2.24, 2.45) is 0 Å². The second kappa shape index (κ2) is 7.14. The van der Waals surface area contributed by atoms with E-state index < -0.39 is 0 Å². The molecule has 0 radical (unpaired) electrons. The van der Waals surface area contributed by atoms with Gasteiger partial charge in [0, 0.05) is 6.04 Å². The summed E-state index contributed by atoms with van der Waals surface area (Å²) in [4.78, 5) is 0. The molecule has 1 aromatic rings. The Morgan fingerprint density at radius 2 is 1.79 bits per heavy atom. The highest BCUT2D eigenvalue weighted by molar-refractivity contribution is 6.42. The molecule has 1 unspecified atom stereocenters. The molecule has 2 rings (SSSR count). The smallest absolute Gasteiger partial charge is 0.121 e. The Morgan fingerprint density at radius 3 is 2.37 bits per heavy atom. The average molecular weight is 297 g/mol.